The molecule has 0 saturated carbocycles. The van der Waals surface area contributed by atoms with Gasteiger partial charge in [0.1, 0.15) is 0 Å². The maximum absolute atomic E-state index is 13.1. The molecule has 0 radical (unpaired) electrons. The first-order valence-corrected chi connectivity index (χ1v) is 12.8. The first kappa shape index (κ1) is 25.7. The molecule has 0 heterocycles. The second-order valence-corrected chi connectivity index (χ2v) is 10.1. The lowest BCUT2D eigenvalue weighted by Crippen LogP contribution is -2.12. The number of carbonyl (C=O) groups is 2. The summed E-state index contributed by atoms with van der Waals surface area (Å²) < 4.78 is 36.2. The van der Waals surface area contributed by atoms with Crippen LogP contribution in [0.15, 0.2) is 65.6 Å². The van der Waals surface area contributed by atoms with Gasteiger partial charge in [-0.15, -0.1) is 0 Å². The summed E-state index contributed by atoms with van der Waals surface area (Å²) in [7, 11) is -3.80. The fourth-order valence-electron chi connectivity index (χ4n) is 3.31. The smallest absolute Gasteiger partial charge is 0.338 e. The summed E-state index contributed by atoms with van der Waals surface area (Å²) in [6, 6.07) is 15.5. The van der Waals surface area contributed by atoms with Gasteiger partial charge in [0.05, 0.1) is 35.0 Å². The predicted molar refractivity (Wildman–Crippen MR) is 131 cm³/mol. The van der Waals surface area contributed by atoms with E-state index in [0.717, 1.165) is 11.1 Å². The van der Waals surface area contributed by atoms with Crippen LogP contribution in [0.4, 0.5) is 0 Å². The SMILES string of the molecule is CCOC(=O)c1cc(CS(=O)(=O)c2ccc(-c3ccc(Cl)cc3Cl)cc2)cc(C(=O)OCC)c1. The van der Waals surface area contributed by atoms with Crippen LogP contribution in [0.3, 0.4) is 0 Å². The topological polar surface area (TPSA) is 86.7 Å². The van der Waals surface area contributed by atoms with Crippen molar-refractivity contribution in [1.82, 2.24) is 0 Å². The Labute approximate surface area is 208 Å². The summed E-state index contributed by atoms with van der Waals surface area (Å²) in [4.78, 5) is 24.6. The number of esters is 2. The average Bonchev–Trinajstić information content (AvgIpc) is 2.79. The average molecular weight is 521 g/mol. The molecule has 0 N–H and O–H groups in total. The van der Waals surface area contributed by atoms with Crippen LogP contribution >= 0.6 is 23.2 Å². The highest BCUT2D eigenvalue weighted by atomic mass is 35.5. The third kappa shape index (κ3) is 6.17. The minimum Gasteiger partial charge on any atom is -0.462 e. The van der Waals surface area contributed by atoms with Crippen molar-refractivity contribution in [2.75, 3.05) is 13.2 Å². The van der Waals surface area contributed by atoms with Crippen molar-refractivity contribution < 1.29 is 27.5 Å². The van der Waals surface area contributed by atoms with Crippen LogP contribution in [0, 0.1) is 0 Å². The van der Waals surface area contributed by atoms with E-state index < -0.39 is 27.5 Å². The van der Waals surface area contributed by atoms with Crippen molar-refractivity contribution in [3.8, 4) is 11.1 Å². The van der Waals surface area contributed by atoms with Gasteiger partial charge in [-0.05, 0) is 67.4 Å². The minimum atomic E-state index is -3.80. The molecule has 0 aromatic heterocycles. The lowest BCUT2D eigenvalue weighted by atomic mass is 10.1. The molecule has 0 unspecified atom stereocenters. The van der Waals surface area contributed by atoms with Gasteiger partial charge in [-0.1, -0.05) is 41.4 Å². The maximum atomic E-state index is 13.1. The van der Waals surface area contributed by atoms with Crippen LogP contribution in [0.1, 0.15) is 40.1 Å². The van der Waals surface area contributed by atoms with E-state index in [4.69, 9.17) is 32.7 Å². The molecule has 3 aromatic rings. The number of ether oxygens (including phenoxy) is 2. The standard InChI is InChI=1S/C25H22Cl2O6S/c1-3-32-24(28)18-11-16(12-19(13-18)25(29)33-4-2)15-34(30,31)21-8-5-17(6-9-21)22-10-7-20(26)14-23(22)27/h5-14H,3-4,15H2,1-2H3. The van der Waals surface area contributed by atoms with Crippen LogP contribution in [0.2, 0.25) is 10.0 Å². The largest absolute Gasteiger partial charge is 0.462 e. The quantitative estimate of drug-likeness (QED) is 0.339. The Morgan fingerprint density at radius 3 is 1.85 bits per heavy atom. The van der Waals surface area contributed by atoms with E-state index in [9.17, 15) is 18.0 Å². The number of hydrogen-bond acceptors (Lipinski definition) is 6. The molecular formula is C25H22Cl2O6S. The monoisotopic (exact) mass is 520 g/mol. The summed E-state index contributed by atoms with van der Waals surface area (Å²) in [6.45, 7) is 3.58. The molecule has 9 heteroatoms. The number of halogens is 2. The van der Waals surface area contributed by atoms with E-state index in [-0.39, 0.29) is 34.8 Å². The van der Waals surface area contributed by atoms with Crippen LogP contribution in [0.25, 0.3) is 11.1 Å². The molecule has 0 aliphatic heterocycles. The summed E-state index contributed by atoms with van der Waals surface area (Å²) in [5.74, 6) is -1.73. The van der Waals surface area contributed by atoms with E-state index in [0.29, 0.717) is 10.0 Å². The highest BCUT2D eigenvalue weighted by Crippen LogP contribution is 2.31. The van der Waals surface area contributed by atoms with Gasteiger partial charge in [0.2, 0.25) is 0 Å². The van der Waals surface area contributed by atoms with Crippen LogP contribution in [0.5, 0.6) is 0 Å². The summed E-state index contributed by atoms with van der Waals surface area (Å²) in [5, 5.41) is 0.950. The Bertz CT molecular complexity index is 1280. The number of hydrogen-bond donors (Lipinski definition) is 0. The molecule has 34 heavy (non-hydrogen) atoms. The second kappa shape index (κ2) is 11.0. The first-order valence-electron chi connectivity index (χ1n) is 10.4. The van der Waals surface area contributed by atoms with Crippen molar-refractivity contribution in [3.05, 3.63) is 87.4 Å². The maximum Gasteiger partial charge on any atom is 0.338 e. The van der Waals surface area contributed by atoms with E-state index in [2.05, 4.69) is 0 Å². The predicted octanol–water partition coefficient (Wildman–Crippen LogP) is 5.99. The Morgan fingerprint density at radius 1 is 0.794 bits per heavy atom. The van der Waals surface area contributed by atoms with Crippen molar-refractivity contribution in [2.45, 2.75) is 24.5 Å². The molecule has 0 bridgehead atoms. The number of rotatable bonds is 8. The fourth-order valence-corrected chi connectivity index (χ4v) is 5.15. The zero-order valence-electron chi connectivity index (χ0n) is 18.5. The van der Waals surface area contributed by atoms with Crippen LogP contribution in [-0.4, -0.2) is 33.6 Å². The summed E-state index contributed by atoms with van der Waals surface area (Å²) >= 11 is 12.2. The van der Waals surface area contributed by atoms with Gasteiger partial charge in [-0.3, -0.25) is 0 Å². The van der Waals surface area contributed by atoms with Gasteiger partial charge in [-0.2, -0.15) is 0 Å². The van der Waals surface area contributed by atoms with Gasteiger partial charge in [0.25, 0.3) is 0 Å². The zero-order valence-corrected chi connectivity index (χ0v) is 20.8. The third-order valence-electron chi connectivity index (χ3n) is 4.83. The molecule has 6 nitrogen and oxygen atoms in total. The van der Waals surface area contributed by atoms with E-state index in [1.54, 1.807) is 44.2 Å². The number of carbonyl (C=O) groups excluding carboxylic acids is 2. The molecule has 0 spiro atoms. The molecule has 0 fully saturated rings. The van der Waals surface area contributed by atoms with Gasteiger partial charge >= 0.3 is 11.9 Å². The van der Waals surface area contributed by atoms with Crippen LogP contribution < -0.4 is 0 Å². The molecule has 0 saturated heterocycles. The first-order chi connectivity index (χ1) is 16.1. The van der Waals surface area contributed by atoms with Gasteiger partial charge in [-0.25, -0.2) is 18.0 Å². The summed E-state index contributed by atoms with van der Waals surface area (Å²) in [6.07, 6.45) is 0. The van der Waals surface area contributed by atoms with E-state index in [1.807, 2.05) is 0 Å². The van der Waals surface area contributed by atoms with Crippen LogP contribution in [-0.2, 0) is 25.1 Å². The molecule has 0 atom stereocenters. The highest BCUT2D eigenvalue weighted by Gasteiger charge is 2.20. The molecule has 0 aliphatic rings. The highest BCUT2D eigenvalue weighted by molar-refractivity contribution is 7.90. The second-order valence-electron chi connectivity index (χ2n) is 7.27. The number of benzene rings is 3. The molecule has 3 aromatic carbocycles. The third-order valence-corrected chi connectivity index (χ3v) is 7.08. The molecular weight excluding hydrogens is 499 g/mol. The van der Waals surface area contributed by atoms with Crippen molar-refractivity contribution in [1.29, 1.82) is 0 Å². The zero-order chi connectivity index (χ0) is 24.9. The molecule has 0 aliphatic carbocycles. The fraction of sp³-hybridized carbons (Fsp3) is 0.200. The lowest BCUT2D eigenvalue weighted by Gasteiger charge is -2.11. The van der Waals surface area contributed by atoms with Gasteiger partial charge < -0.3 is 9.47 Å². The normalized spacial score (nSPS) is 11.2. The minimum absolute atomic E-state index is 0.0744. The van der Waals surface area contributed by atoms with Gasteiger partial charge in [0, 0.05) is 15.6 Å². The Kier molecular flexibility index (Phi) is 8.36. The molecule has 0 amide bonds. The van der Waals surface area contributed by atoms with Crippen molar-refractivity contribution in [3.63, 3.8) is 0 Å². The Morgan fingerprint density at radius 2 is 1.35 bits per heavy atom. The van der Waals surface area contributed by atoms with Crippen molar-refractivity contribution in [2.24, 2.45) is 0 Å². The number of sulfone groups is 1. The Balaban J connectivity index is 1.92. The van der Waals surface area contributed by atoms with Crippen molar-refractivity contribution >= 4 is 45.0 Å². The Hall–Kier alpha value is -2.87. The van der Waals surface area contributed by atoms with E-state index >= 15 is 0 Å². The van der Waals surface area contributed by atoms with Gasteiger partial charge in [0.15, 0.2) is 9.84 Å². The van der Waals surface area contributed by atoms with E-state index in [1.165, 1.54) is 30.3 Å². The lowest BCUT2D eigenvalue weighted by molar-refractivity contribution is 0.0525. The molecule has 3 rings (SSSR count). The molecule has 178 valence electrons. The summed E-state index contributed by atoms with van der Waals surface area (Å²) in [5.41, 5.74) is 1.86.